The first-order valence-electron chi connectivity index (χ1n) is 11.2. The van der Waals surface area contributed by atoms with E-state index in [-0.39, 0.29) is 12.4 Å². The average Bonchev–Trinajstić information content (AvgIpc) is 2.84. The number of phenolic OH excluding ortho intramolecular Hbond substituents is 1. The first kappa shape index (κ1) is 24.5. The summed E-state index contributed by atoms with van der Waals surface area (Å²) < 4.78 is 5.66. The Balaban J connectivity index is 1.62. The van der Waals surface area contributed by atoms with Gasteiger partial charge in [0.05, 0.1) is 25.4 Å². The number of hydrogen-bond donors (Lipinski definition) is 3. The number of rotatable bonds is 12. The number of phenols is 1. The second-order valence-electron chi connectivity index (χ2n) is 8.11. The van der Waals surface area contributed by atoms with Gasteiger partial charge in [-0.15, -0.1) is 6.58 Å². The van der Waals surface area contributed by atoms with E-state index in [2.05, 4.69) is 12.7 Å². The minimum atomic E-state index is -0.845. The molecule has 0 aliphatic carbocycles. The Hall–Kier alpha value is -3.18. The highest BCUT2D eigenvalue weighted by Crippen LogP contribution is 2.27. The maximum absolute atomic E-state index is 10.8. The number of allylic oxidation sites excluding steroid dienone is 1. The highest BCUT2D eigenvalue weighted by atomic mass is 16.5. The zero-order chi connectivity index (χ0) is 23.5. The molecule has 0 aliphatic heterocycles. The Morgan fingerprint density at radius 1 is 0.848 bits per heavy atom. The molecule has 33 heavy (non-hydrogen) atoms. The van der Waals surface area contributed by atoms with Crippen LogP contribution in [0.5, 0.6) is 5.75 Å². The van der Waals surface area contributed by atoms with Crippen LogP contribution in [-0.2, 0) is 11.3 Å². The van der Waals surface area contributed by atoms with E-state index < -0.39 is 18.1 Å². The van der Waals surface area contributed by atoms with Crippen molar-refractivity contribution in [3.05, 3.63) is 114 Å². The Morgan fingerprint density at radius 3 is 2.12 bits per heavy atom. The molecule has 3 rings (SSSR count). The van der Waals surface area contributed by atoms with Gasteiger partial charge in [-0.1, -0.05) is 84.9 Å². The number of aliphatic hydroxyl groups excluding tert-OH is 2. The minimum Gasteiger partial charge on any atom is -0.508 e. The second-order valence-corrected chi connectivity index (χ2v) is 8.11. The fraction of sp³-hybridized carbons (Fsp3) is 0.241. The molecule has 4 heteroatoms. The van der Waals surface area contributed by atoms with Crippen molar-refractivity contribution < 1.29 is 20.1 Å². The van der Waals surface area contributed by atoms with Crippen LogP contribution in [0.1, 0.15) is 29.5 Å². The van der Waals surface area contributed by atoms with Gasteiger partial charge in [-0.05, 0) is 47.2 Å². The highest BCUT2D eigenvalue weighted by Gasteiger charge is 2.24. The lowest BCUT2D eigenvalue weighted by Gasteiger charge is -2.25. The van der Waals surface area contributed by atoms with Crippen molar-refractivity contribution in [2.45, 2.75) is 31.7 Å². The van der Waals surface area contributed by atoms with Crippen LogP contribution in [-0.4, -0.2) is 34.1 Å². The van der Waals surface area contributed by atoms with E-state index in [4.69, 9.17) is 4.74 Å². The molecule has 0 saturated carbocycles. The molecule has 172 valence electrons. The molecule has 0 aromatic heterocycles. The first-order chi connectivity index (χ1) is 16.1. The zero-order valence-electron chi connectivity index (χ0n) is 18.8. The zero-order valence-corrected chi connectivity index (χ0v) is 18.8. The van der Waals surface area contributed by atoms with Crippen LogP contribution in [0, 0.1) is 5.92 Å². The molecule has 0 unspecified atom stereocenters. The van der Waals surface area contributed by atoms with Gasteiger partial charge in [0.15, 0.2) is 0 Å². The van der Waals surface area contributed by atoms with Crippen LogP contribution >= 0.6 is 0 Å². The van der Waals surface area contributed by atoms with Gasteiger partial charge in [-0.2, -0.15) is 0 Å². The maximum atomic E-state index is 10.8. The summed E-state index contributed by atoms with van der Waals surface area (Å²) in [4.78, 5) is 0. The van der Waals surface area contributed by atoms with E-state index in [1.54, 1.807) is 18.2 Å². The predicted molar refractivity (Wildman–Crippen MR) is 133 cm³/mol. The molecular weight excluding hydrogens is 412 g/mol. The summed E-state index contributed by atoms with van der Waals surface area (Å²) in [5.41, 5.74) is 4.14. The molecule has 0 radical (unpaired) electrons. The fourth-order valence-corrected chi connectivity index (χ4v) is 3.77. The Morgan fingerprint density at radius 2 is 1.48 bits per heavy atom. The van der Waals surface area contributed by atoms with Gasteiger partial charge >= 0.3 is 0 Å². The molecule has 3 atom stereocenters. The average molecular weight is 445 g/mol. The van der Waals surface area contributed by atoms with Crippen molar-refractivity contribution in [3.8, 4) is 5.75 Å². The summed E-state index contributed by atoms with van der Waals surface area (Å²) in [5.74, 6) is -0.271. The monoisotopic (exact) mass is 444 g/mol. The standard InChI is InChI=1S/C29H32O4/c1-2-27(29(32)21-33-20-23-9-5-3-6-10-23)28(31)18-15-25(24-11-7-4-8-12-24)19-22-13-16-26(30)17-14-22/h2-14,16-17,19,27-32H,1,15,18,20-21H2/b25-19-/t27-,28-,29-/m1/s1. The van der Waals surface area contributed by atoms with E-state index in [1.807, 2.05) is 72.8 Å². The van der Waals surface area contributed by atoms with E-state index in [0.717, 1.165) is 22.3 Å². The van der Waals surface area contributed by atoms with Crippen molar-refractivity contribution in [3.63, 3.8) is 0 Å². The summed E-state index contributed by atoms with van der Waals surface area (Å²) in [7, 11) is 0. The molecule has 4 nitrogen and oxygen atoms in total. The molecule has 0 spiro atoms. The quantitative estimate of drug-likeness (QED) is 0.256. The smallest absolute Gasteiger partial charge is 0.115 e. The van der Waals surface area contributed by atoms with E-state index in [9.17, 15) is 15.3 Å². The van der Waals surface area contributed by atoms with Gasteiger partial charge in [0.2, 0.25) is 0 Å². The number of hydrogen-bond acceptors (Lipinski definition) is 4. The normalized spacial score (nSPS) is 14.4. The SMILES string of the molecule is C=C[C@H]([C@H](O)CC/C(=C/c1ccc(O)cc1)c1ccccc1)[C@H](O)COCc1ccccc1. The lowest BCUT2D eigenvalue weighted by Crippen LogP contribution is -2.33. The molecule has 0 amide bonds. The molecule has 0 saturated heterocycles. The second kappa shape index (κ2) is 12.8. The van der Waals surface area contributed by atoms with Crippen LogP contribution in [0.3, 0.4) is 0 Å². The number of ether oxygens (including phenoxy) is 1. The van der Waals surface area contributed by atoms with E-state index in [0.29, 0.717) is 19.4 Å². The minimum absolute atomic E-state index is 0.123. The van der Waals surface area contributed by atoms with Crippen molar-refractivity contribution in [1.82, 2.24) is 0 Å². The molecule has 0 fully saturated rings. The number of aromatic hydroxyl groups is 1. The summed E-state index contributed by atoms with van der Waals surface area (Å²) in [6, 6.07) is 26.8. The van der Waals surface area contributed by atoms with E-state index >= 15 is 0 Å². The third kappa shape index (κ3) is 7.72. The van der Waals surface area contributed by atoms with Gasteiger partial charge < -0.3 is 20.1 Å². The molecular formula is C29H32O4. The van der Waals surface area contributed by atoms with Gasteiger partial charge in [0.25, 0.3) is 0 Å². The van der Waals surface area contributed by atoms with Gasteiger partial charge in [0.1, 0.15) is 5.75 Å². The molecule has 0 bridgehead atoms. The largest absolute Gasteiger partial charge is 0.508 e. The van der Waals surface area contributed by atoms with Crippen molar-refractivity contribution in [1.29, 1.82) is 0 Å². The van der Waals surface area contributed by atoms with Crippen molar-refractivity contribution >= 4 is 11.6 Å². The third-order valence-electron chi connectivity index (χ3n) is 5.65. The molecule has 3 N–H and O–H groups in total. The van der Waals surface area contributed by atoms with E-state index in [1.165, 1.54) is 0 Å². The molecule has 0 aliphatic rings. The highest BCUT2D eigenvalue weighted by molar-refractivity contribution is 5.81. The van der Waals surface area contributed by atoms with Crippen LogP contribution in [0.2, 0.25) is 0 Å². The van der Waals surface area contributed by atoms with Gasteiger partial charge in [-0.25, -0.2) is 0 Å². The van der Waals surface area contributed by atoms with Gasteiger partial charge in [-0.3, -0.25) is 0 Å². The van der Waals surface area contributed by atoms with Crippen LogP contribution in [0.15, 0.2) is 97.6 Å². The van der Waals surface area contributed by atoms with Crippen LogP contribution in [0.25, 0.3) is 11.6 Å². The topological polar surface area (TPSA) is 69.9 Å². The summed E-state index contributed by atoms with van der Waals surface area (Å²) >= 11 is 0. The summed E-state index contributed by atoms with van der Waals surface area (Å²) in [6.07, 6.45) is 3.14. The van der Waals surface area contributed by atoms with Crippen molar-refractivity contribution in [2.24, 2.45) is 5.92 Å². The number of aliphatic hydroxyl groups is 2. The fourth-order valence-electron chi connectivity index (χ4n) is 3.77. The van der Waals surface area contributed by atoms with Gasteiger partial charge in [0, 0.05) is 5.92 Å². The Kier molecular flexibility index (Phi) is 9.45. The summed E-state index contributed by atoms with van der Waals surface area (Å²) in [5, 5.41) is 31.0. The lowest BCUT2D eigenvalue weighted by atomic mass is 9.90. The Labute approximate surface area is 196 Å². The van der Waals surface area contributed by atoms with Crippen LogP contribution in [0.4, 0.5) is 0 Å². The molecule has 3 aromatic carbocycles. The third-order valence-corrected chi connectivity index (χ3v) is 5.65. The first-order valence-corrected chi connectivity index (χ1v) is 11.2. The number of benzene rings is 3. The summed E-state index contributed by atoms with van der Waals surface area (Å²) in [6.45, 7) is 4.35. The van der Waals surface area contributed by atoms with Crippen molar-refractivity contribution in [2.75, 3.05) is 6.61 Å². The maximum Gasteiger partial charge on any atom is 0.115 e. The Bertz CT molecular complexity index is 997. The molecule has 3 aromatic rings. The molecule has 0 heterocycles. The predicted octanol–water partition coefficient (Wildman–Crippen LogP) is 5.45. The van der Waals surface area contributed by atoms with Crippen LogP contribution < -0.4 is 0 Å². The lowest BCUT2D eigenvalue weighted by molar-refractivity contribution is -0.0270.